The number of tetrazole rings is 1. The molecule has 0 saturated carbocycles. The van der Waals surface area contributed by atoms with E-state index in [1.54, 1.807) is 16.0 Å². The number of hydrogen-bond acceptors (Lipinski definition) is 6. The molecule has 2 heterocycles. The van der Waals surface area contributed by atoms with Crippen molar-refractivity contribution < 1.29 is 0 Å². The Balaban J connectivity index is 1.97. The first-order valence-electron chi connectivity index (χ1n) is 5.14. The van der Waals surface area contributed by atoms with Crippen molar-refractivity contribution in [3.05, 3.63) is 22.4 Å². The van der Waals surface area contributed by atoms with E-state index in [-0.39, 0.29) is 5.25 Å². The van der Waals surface area contributed by atoms with E-state index in [1.807, 2.05) is 13.0 Å². The molecular formula is C10H11N5S2. The molecule has 0 aliphatic rings. The summed E-state index contributed by atoms with van der Waals surface area (Å²) < 4.78 is 1.75. The van der Waals surface area contributed by atoms with E-state index in [9.17, 15) is 0 Å². The van der Waals surface area contributed by atoms with Crippen molar-refractivity contribution in [1.82, 2.24) is 20.2 Å². The Morgan fingerprint density at radius 3 is 3.24 bits per heavy atom. The molecule has 2 aromatic heterocycles. The van der Waals surface area contributed by atoms with E-state index in [1.165, 1.54) is 16.6 Å². The lowest BCUT2D eigenvalue weighted by Gasteiger charge is -2.03. The maximum absolute atomic E-state index is 8.76. The zero-order valence-electron chi connectivity index (χ0n) is 9.28. The molecule has 0 saturated heterocycles. The third-order valence-electron chi connectivity index (χ3n) is 2.11. The summed E-state index contributed by atoms with van der Waals surface area (Å²) in [4.78, 5) is 1.31. The minimum Gasteiger partial charge on any atom is -0.220 e. The highest BCUT2D eigenvalue weighted by atomic mass is 32.2. The van der Waals surface area contributed by atoms with Crippen molar-refractivity contribution in [1.29, 1.82) is 5.26 Å². The van der Waals surface area contributed by atoms with Gasteiger partial charge >= 0.3 is 0 Å². The molecule has 17 heavy (non-hydrogen) atoms. The molecule has 0 amide bonds. The zero-order valence-corrected chi connectivity index (χ0v) is 10.9. The molecule has 0 unspecified atom stereocenters. The van der Waals surface area contributed by atoms with Crippen LogP contribution in [0.25, 0.3) is 0 Å². The van der Waals surface area contributed by atoms with Crippen LogP contribution >= 0.6 is 23.1 Å². The van der Waals surface area contributed by atoms with E-state index < -0.39 is 0 Å². The Kier molecular flexibility index (Phi) is 4.12. The summed E-state index contributed by atoms with van der Waals surface area (Å²) in [6, 6.07) is 6.29. The van der Waals surface area contributed by atoms with E-state index in [4.69, 9.17) is 5.26 Å². The maximum Gasteiger partial charge on any atom is 0.210 e. The number of nitriles is 1. The highest BCUT2D eigenvalue weighted by Crippen LogP contribution is 2.19. The van der Waals surface area contributed by atoms with Crippen molar-refractivity contribution >= 4 is 23.1 Å². The largest absolute Gasteiger partial charge is 0.220 e. The molecule has 0 spiro atoms. The Hall–Kier alpha value is -1.39. The first-order valence-corrected chi connectivity index (χ1v) is 6.90. The average molecular weight is 265 g/mol. The van der Waals surface area contributed by atoms with Gasteiger partial charge in [-0.25, -0.2) is 4.68 Å². The molecule has 0 aromatic carbocycles. The SMILES string of the molecule is C[C@@H](C#N)Sc1nnnn1CCc1cccs1. The third-order valence-corrected chi connectivity index (χ3v) is 4.01. The van der Waals surface area contributed by atoms with Crippen molar-refractivity contribution in [3.63, 3.8) is 0 Å². The normalized spacial score (nSPS) is 12.2. The van der Waals surface area contributed by atoms with E-state index in [0.29, 0.717) is 5.16 Å². The second kappa shape index (κ2) is 5.80. The van der Waals surface area contributed by atoms with E-state index >= 15 is 0 Å². The zero-order chi connectivity index (χ0) is 12.1. The quantitative estimate of drug-likeness (QED) is 0.773. The molecule has 0 radical (unpaired) electrons. The summed E-state index contributed by atoms with van der Waals surface area (Å²) in [6.07, 6.45) is 0.914. The summed E-state index contributed by atoms with van der Waals surface area (Å²) >= 11 is 3.11. The predicted octanol–water partition coefficient (Wildman–Crippen LogP) is 1.98. The smallest absolute Gasteiger partial charge is 0.210 e. The summed E-state index contributed by atoms with van der Waals surface area (Å²) in [7, 11) is 0. The molecule has 0 N–H and O–H groups in total. The van der Waals surface area contributed by atoms with Crippen LogP contribution in [0.1, 0.15) is 11.8 Å². The van der Waals surface area contributed by atoms with Crippen molar-refractivity contribution in [2.24, 2.45) is 0 Å². The van der Waals surface area contributed by atoms with Crippen LogP contribution in [0.15, 0.2) is 22.7 Å². The van der Waals surface area contributed by atoms with Gasteiger partial charge in [0.25, 0.3) is 0 Å². The number of nitrogens with zero attached hydrogens (tertiary/aromatic N) is 5. The average Bonchev–Trinajstić information content (AvgIpc) is 2.97. The van der Waals surface area contributed by atoms with Crippen LogP contribution in [-0.4, -0.2) is 25.5 Å². The van der Waals surface area contributed by atoms with Gasteiger partial charge < -0.3 is 0 Å². The lowest BCUT2D eigenvalue weighted by atomic mass is 10.3. The highest BCUT2D eigenvalue weighted by Gasteiger charge is 2.11. The first kappa shape index (κ1) is 12.1. The van der Waals surface area contributed by atoms with Gasteiger partial charge in [0.05, 0.1) is 17.9 Å². The van der Waals surface area contributed by atoms with Gasteiger partial charge in [0, 0.05) is 11.3 Å². The fraction of sp³-hybridized carbons (Fsp3) is 0.400. The van der Waals surface area contributed by atoms with E-state index in [2.05, 4.69) is 33.0 Å². The van der Waals surface area contributed by atoms with Crippen LogP contribution in [0, 0.1) is 11.3 Å². The molecular weight excluding hydrogens is 254 g/mol. The van der Waals surface area contributed by atoms with E-state index in [0.717, 1.165) is 13.0 Å². The molecule has 2 aromatic rings. The predicted molar refractivity (Wildman–Crippen MR) is 66.8 cm³/mol. The van der Waals surface area contributed by atoms with Crippen LogP contribution in [0.2, 0.25) is 0 Å². The van der Waals surface area contributed by atoms with Crippen molar-refractivity contribution in [2.75, 3.05) is 0 Å². The van der Waals surface area contributed by atoms with Gasteiger partial charge in [0.1, 0.15) is 0 Å². The molecule has 0 aliphatic heterocycles. The molecule has 5 nitrogen and oxygen atoms in total. The number of aryl methyl sites for hydroxylation is 2. The summed E-state index contributed by atoms with van der Waals surface area (Å²) in [5, 5.41) is 22.9. The summed E-state index contributed by atoms with van der Waals surface area (Å²) in [5.74, 6) is 0. The maximum atomic E-state index is 8.76. The fourth-order valence-corrected chi connectivity index (χ4v) is 2.68. The minimum atomic E-state index is -0.138. The van der Waals surface area contributed by atoms with Crippen LogP contribution in [-0.2, 0) is 13.0 Å². The number of rotatable bonds is 5. The fourth-order valence-electron chi connectivity index (χ4n) is 1.28. The number of aromatic nitrogens is 4. The van der Waals surface area contributed by atoms with Crippen LogP contribution < -0.4 is 0 Å². The lowest BCUT2D eigenvalue weighted by molar-refractivity contribution is 0.550. The van der Waals surface area contributed by atoms with Gasteiger partial charge in [-0.15, -0.1) is 16.4 Å². The Morgan fingerprint density at radius 2 is 2.53 bits per heavy atom. The summed E-state index contributed by atoms with van der Waals surface area (Å²) in [5.41, 5.74) is 0. The Bertz CT molecular complexity index is 499. The standard InChI is InChI=1S/C10H11N5S2/c1-8(7-11)17-10-12-13-14-15(10)5-4-9-3-2-6-16-9/h2-3,6,8H,4-5H2,1H3/t8-/m0/s1. The van der Waals surface area contributed by atoms with Crippen molar-refractivity contribution in [2.45, 2.75) is 30.3 Å². The number of thiophene rings is 1. The van der Waals surface area contributed by atoms with Crippen LogP contribution in [0.4, 0.5) is 0 Å². The van der Waals surface area contributed by atoms with Gasteiger partial charge in [0.15, 0.2) is 0 Å². The second-order valence-electron chi connectivity index (χ2n) is 3.40. The second-order valence-corrected chi connectivity index (χ2v) is 5.74. The topological polar surface area (TPSA) is 67.4 Å². The Labute approximate surface area is 107 Å². The van der Waals surface area contributed by atoms with Gasteiger partial charge in [-0.2, -0.15) is 5.26 Å². The van der Waals surface area contributed by atoms with Gasteiger partial charge in [-0.05, 0) is 28.8 Å². The van der Waals surface area contributed by atoms with Gasteiger partial charge in [-0.3, -0.25) is 0 Å². The highest BCUT2D eigenvalue weighted by molar-refractivity contribution is 8.00. The molecule has 2 rings (SSSR count). The number of hydrogen-bond donors (Lipinski definition) is 0. The molecule has 1 atom stereocenters. The lowest BCUT2D eigenvalue weighted by Crippen LogP contribution is -2.06. The van der Waals surface area contributed by atoms with Gasteiger partial charge in [-0.1, -0.05) is 17.8 Å². The minimum absolute atomic E-state index is 0.138. The Morgan fingerprint density at radius 1 is 1.65 bits per heavy atom. The first-order chi connectivity index (χ1) is 8.29. The monoisotopic (exact) mass is 265 g/mol. The third kappa shape index (κ3) is 3.28. The molecule has 0 fully saturated rings. The molecule has 0 aliphatic carbocycles. The van der Waals surface area contributed by atoms with Crippen LogP contribution in [0.3, 0.4) is 0 Å². The number of thioether (sulfide) groups is 1. The van der Waals surface area contributed by atoms with Crippen molar-refractivity contribution in [3.8, 4) is 6.07 Å². The molecule has 0 bridgehead atoms. The molecule has 7 heteroatoms. The van der Waals surface area contributed by atoms with Crippen LogP contribution in [0.5, 0.6) is 0 Å². The summed E-state index contributed by atoms with van der Waals surface area (Å²) in [6.45, 7) is 2.58. The van der Waals surface area contributed by atoms with Gasteiger partial charge in [0.2, 0.25) is 5.16 Å². The molecule has 88 valence electrons.